The van der Waals surface area contributed by atoms with Crippen LogP contribution in [0.5, 0.6) is 5.75 Å². The van der Waals surface area contributed by atoms with E-state index in [1.165, 1.54) is 4.90 Å². The van der Waals surface area contributed by atoms with Crippen LogP contribution in [0.3, 0.4) is 0 Å². The smallest absolute Gasteiger partial charge is 0.270 e. The molecule has 6 nitrogen and oxygen atoms in total. The quantitative estimate of drug-likeness (QED) is 0.877. The molecule has 1 N–H and O–H groups in total. The van der Waals surface area contributed by atoms with E-state index in [0.29, 0.717) is 23.6 Å². The van der Waals surface area contributed by atoms with E-state index in [9.17, 15) is 9.90 Å². The number of benzene rings is 1. The van der Waals surface area contributed by atoms with Gasteiger partial charge < -0.3 is 19.3 Å². The first-order valence-electron chi connectivity index (χ1n) is 7.19. The third-order valence-electron chi connectivity index (χ3n) is 3.56. The zero-order chi connectivity index (χ0) is 16.8. The summed E-state index contributed by atoms with van der Waals surface area (Å²) in [6, 6.07) is 11.0. The molecule has 1 aromatic carbocycles. The molecule has 0 aliphatic heterocycles. The van der Waals surface area contributed by atoms with E-state index in [4.69, 9.17) is 10.00 Å². The number of aliphatic hydroxyl groups excluding tert-OH is 1. The summed E-state index contributed by atoms with van der Waals surface area (Å²) in [6.45, 7) is 0.372. The second kappa shape index (κ2) is 7.47. The molecule has 0 atom stereocenters. The molecule has 0 bridgehead atoms. The van der Waals surface area contributed by atoms with Gasteiger partial charge in [-0.15, -0.1) is 0 Å². The summed E-state index contributed by atoms with van der Waals surface area (Å²) in [5, 5.41) is 18.2. The summed E-state index contributed by atoms with van der Waals surface area (Å²) in [4.78, 5) is 14.3. The second-order valence-electron chi connectivity index (χ2n) is 5.10. The Kier molecular flexibility index (Phi) is 5.39. The van der Waals surface area contributed by atoms with Gasteiger partial charge in [-0.2, -0.15) is 5.26 Å². The average Bonchev–Trinajstić information content (AvgIpc) is 2.95. The second-order valence-corrected chi connectivity index (χ2v) is 5.10. The number of nitriles is 1. The Morgan fingerprint density at radius 3 is 2.78 bits per heavy atom. The van der Waals surface area contributed by atoms with Gasteiger partial charge in [-0.25, -0.2) is 0 Å². The lowest BCUT2D eigenvalue weighted by Crippen LogP contribution is -2.34. The van der Waals surface area contributed by atoms with Crippen LogP contribution in [-0.2, 0) is 13.6 Å². The molecule has 0 saturated carbocycles. The molecule has 6 heteroatoms. The Hall–Kier alpha value is -2.78. The third-order valence-corrected chi connectivity index (χ3v) is 3.56. The van der Waals surface area contributed by atoms with Gasteiger partial charge in [-0.3, -0.25) is 4.79 Å². The summed E-state index contributed by atoms with van der Waals surface area (Å²) in [6.07, 6.45) is 1.60. The van der Waals surface area contributed by atoms with E-state index < -0.39 is 0 Å². The molecule has 0 radical (unpaired) electrons. The predicted molar refractivity (Wildman–Crippen MR) is 84.9 cm³/mol. The van der Waals surface area contributed by atoms with Gasteiger partial charge in [0.1, 0.15) is 17.5 Å². The summed E-state index contributed by atoms with van der Waals surface area (Å²) in [5.41, 5.74) is 1.69. The molecule has 1 amide bonds. The fraction of sp³-hybridized carbons (Fsp3) is 0.294. The van der Waals surface area contributed by atoms with Crippen LogP contribution >= 0.6 is 0 Å². The maximum Gasteiger partial charge on any atom is 0.270 e. The standard InChI is InChI=1S/C17H19N3O3/c1-19-11-13(10-18)9-15(19)17(22)20(7-8-21)12-14-5-3-4-6-16(14)23-2/h3-6,9,11,21H,7-8,12H2,1-2H3. The van der Waals surface area contributed by atoms with Gasteiger partial charge in [0.2, 0.25) is 0 Å². The molecule has 0 aliphatic carbocycles. The minimum Gasteiger partial charge on any atom is -0.496 e. The zero-order valence-electron chi connectivity index (χ0n) is 13.2. The van der Waals surface area contributed by atoms with Crippen molar-refractivity contribution in [1.82, 2.24) is 9.47 Å². The minimum atomic E-state index is -0.242. The number of carbonyl (C=O) groups excluding carboxylic acids is 1. The van der Waals surface area contributed by atoms with Crippen LogP contribution in [0.25, 0.3) is 0 Å². The number of hydrogen-bond donors (Lipinski definition) is 1. The van der Waals surface area contributed by atoms with Crippen molar-refractivity contribution in [1.29, 1.82) is 5.26 Å². The molecule has 1 heterocycles. The number of para-hydroxylation sites is 1. The molecule has 0 saturated heterocycles. The highest BCUT2D eigenvalue weighted by molar-refractivity contribution is 5.93. The number of aryl methyl sites for hydroxylation is 1. The minimum absolute atomic E-state index is 0.142. The normalized spacial score (nSPS) is 10.2. The predicted octanol–water partition coefficient (Wildman–Crippen LogP) is 1.54. The van der Waals surface area contributed by atoms with Gasteiger partial charge in [-0.05, 0) is 12.1 Å². The first kappa shape index (κ1) is 16.6. The van der Waals surface area contributed by atoms with Crippen molar-refractivity contribution in [3.8, 4) is 11.8 Å². The number of rotatable bonds is 6. The molecule has 23 heavy (non-hydrogen) atoms. The number of hydrogen-bond acceptors (Lipinski definition) is 4. The highest BCUT2D eigenvalue weighted by Crippen LogP contribution is 2.20. The van der Waals surface area contributed by atoms with E-state index in [0.717, 1.165) is 5.56 Å². The molecular formula is C17H19N3O3. The van der Waals surface area contributed by atoms with Crippen molar-refractivity contribution >= 4 is 5.91 Å². The molecule has 0 spiro atoms. The summed E-state index contributed by atoms with van der Waals surface area (Å²) < 4.78 is 6.92. The van der Waals surface area contributed by atoms with Crippen LogP contribution in [-0.4, -0.2) is 40.7 Å². The lowest BCUT2D eigenvalue weighted by Gasteiger charge is -2.23. The Morgan fingerprint density at radius 2 is 2.17 bits per heavy atom. The van der Waals surface area contributed by atoms with Crippen LogP contribution in [0.1, 0.15) is 21.6 Å². The number of methoxy groups -OCH3 is 1. The average molecular weight is 313 g/mol. The molecular weight excluding hydrogens is 294 g/mol. The lowest BCUT2D eigenvalue weighted by molar-refractivity contribution is 0.0697. The SMILES string of the molecule is COc1ccccc1CN(CCO)C(=O)c1cc(C#N)cn1C. The fourth-order valence-electron chi connectivity index (χ4n) is 2.41. The van der Waals surface area contributed by atoms with Crippen LogP contribution < -0.4 is 4.74 Å². The first-order chi connectivity index (χ1) is 11.1. The number of aromatic nitrogens is 1. The van der Waals surface area contributed by atoms with Crippen molar-refractivity contribution in [2.75, 3.05) is 20.3 Å². The van der Waals surface area contributed by atoms with Gasteiger partial charge in [-0.1, -0.05) is 18.2 Å². The third kappa shape index (κ3) is 3.71. The van der Waals surface area contributed by atoms with E-state index in [1.807, 2.05) is 30.3 Å². The molecule has 2 aromatic rings. The van der Waals surface area contributed by atoms with Crippen LogP contribution in [0.4, 0.5) is 0 Å². The van der Waals surface area contributed by atoms with E-state index in [2.05, 4.69) is 0 Å². The molecule has 0 aliphatic rings. The van der Waals surface area contributed by atoms with E-state index >= 15 is 0 Å². The Morgan fingerprint density at radius 1 is 1.43 bits per heavy atom. The first-order valence-corrected chi connectivity index (χ1v) is 7.19. The van der Waals surface area contributed by atoms with Gasteiger partial charge in [0.15, 0.2) is 0 Å². The van der Waals surface area contributed by atoms with Crippen molar-refractivity contribution in [2.24, 2.45) is 7.05 Å². The summed E-state index contributed by atoms with van der Waals surface area (Å²) in [5.74, 6) is 0.446. The van der Waals surface area contributed by atoms with Crippen molar-refractivity contribution in [3.05, 3.63) is 53.3 Å². The van der Waals surface area contributed by atoms with Gasteiger partial charge >= 0.3 is 0 Å². The summed E-state index contributed by atoms with van der Waals surface area (Å²) in [7, 11) is 3.29. The molecule has 2 rings (SSSR count). The van der Waals surface area contributed by atoms with Crippen LogP contribution in [0.15, 0.2) is 36.5 Å². The van der Waals surface area contributed by atoms with Gasteiger partial charge in [0.05, 0.1) is 19.3 Å². The van der Waals surface area contributed by atoms with Crippen molar-refractivity contribution < 1.29 is 14.6 Å². The Bertz CT molecular complexity index is 731. The molecule has 0 unspecified atom stereocenters. The van der Waals surface area contributed by atoms with Crippen molar-refractivity contribution in [3.63, 3.8) is 0 Å². The maximum atomic E-state index is 12.7. The lowest BCUT2D eigenvalue weighted by atomic mass is 10.1. The van der Waals surface area contributed by atoms with E-state index in [-0.39, 0.29) is 19.1 Å². The van der Waals surface area contributed by atoms with Crippen LogP contribution in [0, 0.1) is 11.3 Å². The Labute approximate surface area is 135 Å². The molecule has 0 fully saturated rings. The topological polar surface area (TPSA) is 78.5 Å². The summed E-state index contributed by atoms with van der Waals surface area (Å²) >= 11 is 0. The number of aliphatic hydroxyl groups is 1. The van der Waals surface area contributed by atoms with Gasteiger partial charge in [0.25, 0.3) is 5.91 Å². The van der Waals surface area contributed by atoms with Crippen LogP contribution in [0.2, 0.25) is 0 Å². The largest absolute Gasteiger partial charge is 0.496 e. The Balaban J connectivity index is 2.28. The maximum absolute atomic E-state index is 12.7. The number of ether oxygens (including phenoxy) is 1. The number of nitrogens with zero attached hydrogens (tertiary/aromatic N) is 3. The highest BCUT2D eigenvalue weighted by Gasteiger charge is 2.20. The number of carbonyl (C=O) groups is 1. The number of amides is 1. The zero-order valence-corrected chi connectivity index (χ0v) is 13.2. The monoisotopic (exact) mass is 313 g/mol. The fourth-order valence-corrected chi connectivity index (χ4v) is 2.41. The van der Waals surface area contributed by atoms with Gasteiger partial charge in [0, 0.05) is 31.9 Å². The highest BCUT2D eigenvalue weighted by atomic mass is 16.5. The molecule has 120 valence electrons. The van der Waals surface area contributed by atoms with Crippen molar-refractivity contribution in [2.45, 2.75) is 6.54 Å². The molecule has 1 aromatic heterocycles. The van der Waals surface area contributed by atoms with E-state index in [1.54, 1.807) is 31.0 Å².